The molecule has 2 aromatic rings. The highest BCUT2D eigenvalue weighted by atomic mass is 16.6. The van der Waals surface area contributed by atoms with E-state index in [-0.39, 0.29) is 0 Å². The number of hydrogen-bond donors (Lipinski definition) is 1. The first-order chi connectivity index (χ1) is 7.75. The Hall–Kier alpha value is -1.75. The maximum atomic E-state index is 4.61. The van der Waals surface area contributed by atoms with Gasteiger partial charge in [0.25, 0.3) is 0 Å². The number of pyridine rings is 1. The molecule has 0 bridgehead atoms. The van der Waals surface area contributed by atoms with Crippen LogP contribution in [0.1, 0.15) is 22.8 Å². The first-order valence-corrected chi connectivity index (χ1v) is 5.17. The standard InChI is InChI=1S/C11H14N4O/c1-8-4-3-5-10(13-8)6-12-7-11-9(2)14-16-15-11/h3-5,12H,6-7H2,1-2H3. The van der Waals surface area contributed by atoms with E-state index < -0.39 is 0 Å². The molecule has 5 heteroatoms. The third kappa shape index (κ3) is 2.64. The molecule has 5 nitrogen and oxygen atoms in total. The van der Waals surface area contributed by atoms with E-state index in [2.05, 4.69) is 25.2 Å². The molecular weight excluding hydrogens is 204 g/mol. The number of aryl methyl sites for hydroxylation is 2. The van der Waals surface area contributed by atoms with Gasteiger partial charge in [0, 0.05) is 18.8 Å². The normalized spacial score (nSPS) is 10.6. The van der Waals surface area contributed by atoms with E-state index in [0.29, 0.717) is 13.1 Å². The molecule has 0 spiro atoms. The summed E-state index contributed by atoms with van der Waals surface area (Å²) in [7, 11) is 0. The van der Waals surface area contributed by atoms with Crippen LogP contribution in [0.3, 0.4) is 0 Å². The maximum absolute atomic E-state index is 4.61. The van der Waals surface area contributed by atoms with Crippen molar-refractivity contribution in [3.05, 3.63) is 41.0 Å². The predicted molar refractivity (Wildman–Crippen MR) is 58.6 cm³/mol. The van der Waals surface area contributed by atoms with Crippen LogP contribution in [0.25, 0.3) is 0 Å². The molecular formula is C11H14N4O. The van der Waals surface area contributed by atoms with Crippen LogP contribution in [0.2, 0.25) is 0 Å². The van der Waals surface area contributed by atoms with Gasteiger partial charge in [-0.05, 0) is 26.0 Å². The van der Waals surface area contributed by atoms with Crippen molar-refractivity contribution in [3.8, 4) is 0 Å². The molecule has 0 aliphatic rings. The summed E-state index contributed by atoms with van der Waals surface area (Å²) < 4.78 is 4.61. The van der Waals surface area contributed by atoms with Crippen molar-refractivity contribution < 1.29 is 4.63 Å². The Morgan fingerprint density at radius 2 is 2.06 bits per heavy atom. The second-order valence-corrected chi connectivity index (χ2v) is 3.67. The summed E-state index contributed by atoms with van der Waals surface area (Å²) in [5.41, 5.74) is 3.71. The van der Waals surface area contributed by atoms with Crippen LogP contribution >= 0.6 is 0 Å². The molecule has 0 saturated heterocycles. The third-order valence-corrected chi connectivity index (χ3v) is 2.29. The average molecular weight is 218 g/mol. The Balaban J connectivity index is 1.87. The molecule has 2 heterocycles. The zero-order chi connectivity index (χ0) is 11.4. The smallest absolute Gasteiger partial charge is 0.121 e. The van der Waals surface area contributed by atoms with Gasteiger partial charge < -0.3 is 5.32 Å². The van der Waals surface area contributed by atoms with Crippen LogP contribution in [-0.4, -0.2) is 15.3 Å². The molecule has 0 aliphatic carbocycles. The zero-order valence-corrected chi connectivity index (χ0v) is 9.40. The quantitative estimate of drug-likeness (QED) is 0.839. The van der Waals surface area contributed by atoms with Gasteiger partial charge in [0.2, 0.25) is 0 Å². The van der Waals surface area contributed by atoms with Crippen LogP contribution in [-0.2, 0) is 13.1 Å². The molecule has 0 aliphatic heterocycles. The fraction of sp³-hybridized carbons (Fsp3) is 0.364. The molecule has 2 aromatic heterocycles. The molecule has 1 N–H and O–H groups in total. The van der Waals surface area contributed by atoms with Crippen LogP contribution in [0, 0.1) is 13.8 Å². The number of rotatable bonds is 4. The minimum absolute atomic E-state index is 0.644. The summed E-state index contributed by atoms with van der Waals surface area (Å²) in [4.78, 5) is 4.39. The van der Waals surface area contributed by atoms with Crippen molar-refractivity contribution in [1.82, 2.24) is 20.6 Å². The molecule has 0 fully saturated rings. The van der Waals surface area contributed by atoms with Crippen LogP contribution in [0.15, 0.2) is 22.8 Å². The topological polar surface area (TPSA) is 63.8 Å². The molecule has 0 aromatic carbocycles. The lowest BCUT2D eigenvalue weighted by molar-refractivity contribution is 0.300. The minimum Gasteiger partial charge on any atom is -0.305 e. The van der Waals surface area contributed by atoms with Crippen LogP contribution in [0.5, 0.6) is 0 Å². The van der Waals surface area contributed by atoms with Gasteiger partial charge in [0.15, 0.2) is 0 Å². The van der Waals surface area contributed by atoms with Crippen molar-refractivity contribution in [2.24, 2.45) is 0 Å². The van der Waals surface area contributed by atoms with E-state index in [0.717, 1.165) is 22.8 Å². The van der Waals surface area contributed by atoms with Gasteiger partial charge in [-0.15, -0.1) is 0 Å². The third-order valence-electron chi connectivity index (χ3n) is 2.29. The minimum atomic E-state index is 0.644. The summed E-state index contributed by atoms with van der Waals surface area (Å²) in [6.45, 7) is 5.21. The van der Waals surface area contributed by atoms with Crippen molar-refractivity contribution >= 4 is 0 Å². The second-order valence-electron chi connectivity index (χ2n) is 3.67. The number of nitrogens with zero attached hydrogens (tertiary/aromatic N) is 3. The fourth-order valence-electron chi connectivity index (χ4n) is 1.42. The Kier molecular flexibility index (Phi) is 3.26. The molecule has 0 saturated carbocycles. The molecule has 0 radical (unpaired) electrons. The van der Waals surface area contributed by atoms with Gasteiger partial charge in [-0.3, -0.25) is 4.98 Å². The predicted octanol–water partition coefficient (Wildman–Crippen LogP) is 1.37. The second kappa shape index (κ2) is 4.85. The highest BCUT2D eigenvalue weighted by molar-refractivity contribution is 5.10. The van der Waals surface area contributed by atoms with Crippen LogP contribution in [0.4, 0.5) is 0 Å². The molecule has 0 atom stereocenters. The van der Waals surface area contributed by atoms with Gasteiger partial charge in [-0.1, -0.05) is 16.4 Å². The van der Waals surface area contributed by atoms with E-state index in [1.807, 2.05) is 32.0 Å². The van der Waals surface area contributed by atoms with E-state index in [1.165, 1.54) is 0 Å². The van der Waals surface area contributed by atoms with Gasteiger partial charge in [0.05, 0.1) is 5.69 Å². The number of aromatic nitrogens is 3. The summed E-state index contributed by atoms with van der Waals surface area (Å²) in [6, 6.07) is 5.98. The molecule has 84 valence electrons. The Morgan fingerprint density at radius 1 is 1.19 bits per heavy atom. The first kappa shape index (κ1) is 10.8. The lowest BCUT2D eigenvalue weighted by atomic mass is 10.3. The number of nitrogens with one attached hydrogen (secondary N) is 1. The van der Waals surface area contributed by atoms with Gasteiger partial charge in [0.1, 0.15) is 11.4 Å². The van der Waals surface area contributed by atoms with Gasteiger partial charge in [-0.2, -0.15) is 0 Å². The first-order valence-electron chi connectivity index (χ1n) is 5.17. The summed E-state index contributed by atoms with van der Waals surface area (Å²) in [5.74, 6) is 0. The zero-order valence-electron chi connectivity index (χ0n) is 9.40. The monoisotopic (exact) mass is 218 g/mol. The van der Waals surface area contributed by atoms with Gasteiger partial charge in [-0.25, -0.2) is 4.63 Å². The largest absolute Gasteiger partial charge is 0.305 e. The SMILES string of the molecule is Cc1cccc(CNCc2nonc2C)n1. The van der Waals surface area contributed by atoms with Crippen molar-refractivity contribution in [1.29, 1.82) is 0 Å². The van der Waals surface area contributed by atoms with E-state index in [4.69, 9.17) is 0 Å². The Morgan fingerprint density at radius 3 is 2.75 bits per heavy atom. The fourth-order valence-corrected chi connectivity index (χ4v) is 1.42. The summed E-state index contributed by atoms with van der Waals surface area (Å²) >= 11 is 0. The van der Waals surface area contributed by atoms with Crippen molar-refractivity contribution in [2.75, 3.05) is 0 Å². The van der Waals surface area contributed by atoms with Gasteiger partial charge >= 0.3 is 0 Å². The highest BCUT2D eigenvalue weighted by Crippen LogP contribution is 2.01. The molecule has 2 rings (SSSR count). The Labute approximate surface area is 93.9 Å². The van der Waals surface area contributed by atoms with Crippen molar-refractivity contribution in [2.45, 2.75) is 26.9 Å². The lowest BCUT2D eigenvalue weighted by Gasteiger charge is -2.02. The van der Waals surface area contributed by atoms with Crippen molar-refractivity contribution in [3.63, 3.8) is 0 Å². The summed E-state index contributed by atoms with van der Waals surface area (Å²) in [5, 5.41) is 10.8. The Bertz CT molecular complexity index is 467. The number of hydrogen-bond acceptors (Lipinski definition) is 5. The molecule has 0 amide bonds. The molecule has 0 unspecified atom stereocenters. The molecule has 16 heavy (non-hydrogen) atoms. The van der Waals surface area contributed by atoms with Crippen LogP contribution < -0.4 is 5.32 Å². The van der Waals surface area contributed by atoms with E-state index in [1.54, 1.807) is 0 Å². The lowest BCUT2D eigenvalue weighted by Crippen LogP contribution is -2.14. The van der Waals surface area contributed by atoms with E-state index >= 15 is 0 Å². The summed E-state index contributed by atoms with van der Waals surface area (Å²) in [6.07, 6.45) is 0. The average Bonchev–Trinajstić information content (AvgIpc) is 2.65. The highest BCUT2D eigenvalue weighted by Gasteiger charge is 2.03. The van der Waals surface area contributed by atoms with E-state index in [9.17, 15) is 0 Å². The maximum Gasteiger partial charge on any atom is 0.121 e.